The quantitative estimate of drug-likeness (QED) is 0.642. The first kappa shape index (κ1) is 17.8. The van der Waals surface area contributed by atoms with Crippen LogP contribution in [-0.2, 0) is 6.42 Å². The van der Waals surface area contributed by atoms with Crippen LogP contribution in [0.1, 0.15) is 40.9 Å². The largest absolute Gasteiger partial charge is 0.340 e. The number of carbonyl (C=O) groups is 1. The van der Waals surface area contributed by atoms with Crippen molar-refractivity contribution in [2.24, 2.45) is 5.92 Å². The van der Waals surface area contributed by atoms with Crippen LogP contribution in [0.2, 0.25) is 0 Å². The first-order valence-electron chi connectivity index (χ1n) is 8.80. The molecule has 4 heteroatoms. The molecule has 26 heavy (non-hydrogen) atoms. The number of nitrogens with zero attached hydrogens (tertiary/aromatic N) is 2. The number of ketones is 1. The Labute approximate surface area is 154 Å². The molecule has 0 radical (unpaired) electrons. The fourth-order valence-corrected chi connectivity index (χ4v) is 2.83. The van der Waals surface area contributed by atoms with Gasteiger partial charge in [-0.05, 0) is 60.7 Å². The molecule has 4 nitrogen and oxygen atoms in total. The zero-order valence-electron chi connectivity index (χ0n) is 15.4. The number of aromatic nitrogens is 2. The van der Waals surface area contributed by atoms with Gasteiger partial charge in [-0.15, -0.1) is 0 Å². The summed E-state index contributed by atoms with van der Waals surface area (Å²) in [5, 5.41) is 3.27. The van der Waals surface area contributed by atoms with Crippen molar-refractivity contribution in [3.8, 4) is 0 Å². The molecule has 0 aliphatic carbocycles. The van der Waals surface area contributed by atoms with E-state index in [1.807, 2.05) is 13.0 Å². The maximum absolute atomic E-state index is 12.6. The highest BCUT2D eigenvalue weighted by atomic mass is 16.1. The second-order valence-corrected chi connectivity index (χ2v) is 6.87. The van der Waals surface area contributed by atoms with Crippen molar-refractivity contribution >= 4 is 17.3 Å². The van der Waals surface area contributed by atoms with Gasteiger partial charge in [0.25, 0.3) is 0 Å². The smallest absolute Gasteiger partial charge is 0.194 e. The van der Waals surface area contributed by atoms with E-state index in [2.05, 4.69) is 53.4 Å². The summed E-state index contributed by atoms with van der Waals surface area (Å²) in [4.78, 5) is 21.0. The first-order valence-corrected chi connectivity index (χ1v) is 8.80. The third-order valence-corrected chi connectivity index (χ3v) is 4.16. The van der Waals surface area contributed by atoms with Crippen LogP contribution in [-0.4, -0.2) is 15.8 Å². The predicted molar refractivity (Wildman–Crippen MR) is 105 cm³/mol. The minimum atomic E-state index is -0.0398. The molecule has 0 amide bonds. The number of nitrogens with one attached hydrogen (secondary N) is 1. The topological polar surface area (TPSA) is 54.9 Å². The van der Waals surface area contributed by atoms with Crippen LogP contribution in [0.3, 0.4) is 0 Å². The molecule has 3 aromatic rings. The van der Waals surface area contributed by atoms with E-state index in [1.54, 1.807) is 30.7 Å². The van der Waals surface area contributed by atoms with Crippen LogP contribution in [0.4, 0.5) is 11.5 Å². The molecule has 1 aromatic carbocycles. The van der Waals surface area contributed by atoms with Crippen LogP contribution in [0.25, 0.3) is 0 Å². The van der Waals surface area contributed by atoms with Crippen molar-refractivity contribution in [2.45, 2.75) is 27.2 Å². The molecule has 0 aliphatic heterocycles. The predicted octanol–water partition coefficient (Wildman–Crippen LogP) is 4.96. The van der Waals surface area contributed by atoms with E-state index in [0.717, 1.165) is 17.7 Å². The van der Waals surface area contributed by atoms with Crippen molar-refractivity contribution in [1.82, 2.24) is 9.97 Å². The third kappa shape index (κ3) is 4.33. The van der Waals surface area contributed by atoms with Crippen molar-refractivity contribution in [3.63, 3.8) is 0 Å². The number of benzene rings is 1. The fraction of sp³-hybridized carbons (Fsp3) is 0.227. The summed E-state index contributed by atoms with van der Waals surface area (Å²) in [6, 6.07) is 13.7. The van der Waals surface area contributed by atoms with Gasteiger partial charge in [0.05, 0.1) is 0 Å². The minimum Gasteiger partial charge on any atom is -0.340 e. The van der Waals surface area contributed by atoms with E-state index < -0.39 is 0 Å². The van der Waals surface area contributed by atoms with Crippen LogP contribution in [0, 0.1) is 12.8 Å². The SMILES string of the molecule is Cc1cnccc1C(=O)c1ccc(Nc2ccc(CC(C)C)cc2)nc1. The number of anilines is 2. The van der Waals surface area contributed by atoms with Gasteiger partial charge in [-0.25, -0.2) is 4.98 Å². The molecule has 0 aliphatic rings. The molecule has 1 N–H and O–H groups in total. The van der Waals surface area contributed by atoms with Gasteiger partial charge in [0.15, 0.2) is 5.78 Å². The summed E-state index contributed by atoms with van der Waals surface area (Å²) in [5.74, 6) is 1.32. The van der Waals surface area contributed by atoms with E-state index >= 15 is 0 Å². The summed E-state index contributed by atoms with van der Waals surface area (Å²) in [7, 11) is 0. The highest BCUT2D eigenvalue weighted by Gasteiger charge is 2.12. The Morgan fingerprint density at radius 2 is 1.81 bits per heavy atom. The summed E-state index contributed by atoms with van der Waals surface area (Å²) in [6.07, 6.45) is 6.01. The summed E-state index contributed by atoms with van der Waals surface area (Å²) in [6.45, 7) is 6.31. The Bertz CT molecular complexity index is 884. The van der Waals surface area contributed by atoms with Crippen LogP contribution in [0.5, 0.6) is 0 Å². The molecule has 0 spiro atoms. The molecule has 2 heterocycles. The second-order valence-electron chi connectivity index (χ2n) is 6.87. The highest BCUT2D eigenvalue weighted by molar-refractivity contribution is 6.09. The van der Waals surface area contributed by atoms with Crippen LogP contribution < -0.4 is 5.32 Å². The zero-order chi connectivity index (χ0) is 18.5. The lowest BCUT2D eigenvalue weighted by Crippen LogP contribution is -2.05. The van der Waals surface area contributed by atoms with Gasteiger partial charge in [0.2, 0.25) is 0 Å². The summed E-state index contributed by atoms with van der Waals surface area (Å²) < 4.78 is 0. The monoisotopic (exact) mass is 345 g/mol. The molecule has 132 valence electrons. The summed E-state index contributed by atoms with van der Waals surface area (Å²) >= 11 is 0. The number of hydrogen-bond acceptors (Lipinski definition) is 4. The standard InChI is InChI=1S/C22H23N3O/c1-15(2)12-17-4-7-19(8-5-17)25-21-9-6-18(14-24-21)22(26)20-10-11-23-13-16(20)3/h4-11,13-15H,12H2,1-3H3,(H,24,25). The van der Waals surface area contributed by atoms with E-state index in [9.17, 15) is 4.79 Å². The number of pyridine rings is 2. The van der Waals surface area contributed by atoms with Crippen molar-refractivity contribution < 1.29 is 4.79 Å². The highest BCUT2D eigenvalue weighted by Crippen LogP contribution is 2.18. The molecular formula is C22H23N3O. The van der Waals surface area contributed by atoms with E-state index in [0.29, 0.717) is 22.9 Å². The molecule has 0 saturated carbocycles. The second kappa shape index (κ2) is 7.91. The fourth-order valence-electron chi connectivity index (χ4n) is 2.83. The Morgan fingerprint density at radius 1 is 1.04 bits per heavy atom. The Hall–Kier alpha value is -3.01. The van der Waals surface area contributed by atoms with Crippen LogP contribution >= 0.6 is 0 Å². The lowest BCUT2D eigenvalue weighted by molar-refractivity contribution is 0.103. The van der Waals surface area contributed by atoms with Gasteiger partial charge in [0.1, 0.15) is 5.82 Å². The van der Waals surface area contributed by atoms with E-state index in [1.165, 1.54) is 5.56 Å². The van der Waals surface area contributed by atoms with Gasteiger partial charge in [0, 0.05) is 35.4 Å². The molecule has 2 aromatic heterocycles. The van der Waals surface area contributed by atoms with Crippen LogP contribution in [0.15, 0.2) is 61.1 Å². The summed E-state index contributed by atoms with van der Waals surface area (Å²) in [5.41, 5.74) is 4.39. The van der Waals surface area contributed by atoms with Crippen molar-refractivity contribution in [1.29, 1.82) is 0 Å². The van der Waals surface area contributed by atoms with E-state index in [-0.39, 0.29) is 5.78 Å². The average Bonchev–Trinajstić information content (AvgIpc) is 2.63. The average molecular weight is 345 g/mol. The Kier molecular flexibility index (Phi) is 5.42. The van der Waals surface area contributed by atoms with Gasteiger partial charge in [-0.3, -0.25) is 9.78 Å². The Morgan fingerprint density at radius 3 is 2.42 bits per heavy atom. The number of rotatable bonds is 6. The van der Waals surface area contributed by atoms with Gasteiger partial charge < -0.3 is 5.32 Å². The third-order valence-electron chi connectivity index (χ3n) is 4.16. The zero-order valence-corrected chi connectivity index (χ0v) is 15.4. The normalized spacial score (nSPS) is 10.8. The molecular weight excluding hydrogens is 322 g/mol. The lowest BCUT2D eigenvalue weighted by atomic mass is 10.0. The molecule has 0 fully saturated rings. The number of aryl methyl sites for hydroxylation is 1. The molecule has 3 rings (SSSR count). The molecule has 0 atom stereocenters. The van der Waals surface area contributed by atoms with E-state index in [4.69, 9.17) is 0 Å². The first-order chi connectivity index (χ1) is 12.5. The Balaban J connectivity index is 1.70. The minimum absolute atomic E-state index is 0.0398. The maximum Gasteiger partial charge on any atom is 0.194 e. The van der Waals surface area contributed by atoms with Crippen molar-refractivity contribution in [3.05, 3.63) is 83.3 Å². The number of hydrogen-bond donors (Lipinski definition) is 1. The molecule has 0 bridgehead atoms. The van der Waals surface area contributed by atoms with Gasteiger partial charge in [-0.1, -0.05) is 26.0 Å². The van der Waals surface area contributed by atoms with Crippen molar-refractivity contribution in [2.75, 3.05) is 5.32 Å². The van der Waals surface area contributed by atoms with Gasteiger partial charge >= 0.3 is 0 Å². The lowest BCUT2D eigenvalue weighted by Gasteiger charge is -2.09. The maximum atomic E-state index is 12.6. The molecule has 0 saturated heterocycles. The number of carbonyl (C=O) groups excluding carboxylic acids is 1. The van der Waals surface area contributed by atoms with Gasteiger partial charge in [-0.2, -0.15) is 0 Å². The molecule has 0 unspecified atom stereocenters.